The lowest BCUT2D eigenvalue weighted by Gasteiger charge is -2.32. The molecule has 1 heterocycles. The number of amides is 1. The third kappa shape index (κ3) is 4.87. The van der Waals surface area contributed by atoms with Crippen LogP contribution in [0.25, 0.3) is 0 Å². The van der Waals surface area contributed by atoms with Crippen LogP contribution in [-0.2, 0) is 4.74 Å². The number of nitro groups is 1. The third-order valence-corrected chi connectivity index (χ3v) is 4.71. The number of morpholine rings is 1. The van der Waals surface area contributed by atoms with E-state index in [4.69, 9.17) is 4.74 Å². The first-order chi connectivity index (χ1) is 13.0. The topological polar surface area (TPSA) is 85.9 Å². The van der Waals surface area contributed by atoms with E-state index in [0.717, 1.165) is 18.7 Å². The van der Waals surface area contributed by atoms with Crippen LogP contribution in [-0.4, -0.2) is 43.7 Å². The Kier molecular flexibility index (Phi) is 6.10. The molecule has 1 atom stereocenters. The maximum Gasteiger partial charge on any atom is 0.269 e. The molecule has 8 heteroatoms. The summed E-state index contributed by atoms with van der Waals surface area (Å²) < 4.78 is 18.7. The van der Waals surface area contributed by atoms with Crippen LogP contribution in [0.5, 0.6) is 0 Å². The quantitative estimate of drug-likeness (QED) is 0.586. The molecule has 0 radical (unpaired) electrons. The van der Waals surface area contributed by atoms with Crippen LogP contribution < -0.4 is 10.2 Å². The number of hydrogen-bond donors (Lipinski definition) is 2. The van der Waals surface area contributed by atoms with Crippen LogP contribution in [0.1, 0.15) is 22.0 Å². The summed E-state index contributed by atoms with van der Waals surface area (Å²) in [5, 5.41) is 13.6. The summed E-state index contributed by atoms with van der Waals surface area (Å²) in [4.78, 5) is 23.9. The van der Waals surface area contributed by atoms with E-state index in [9.17, 15) is 19.3 Å². The van der Waals surface area contributed by atoms with Crippen LogP contribution in [0.2, 0.25) is 0 Å². The maximum absolute atomic E-state index is 13.3. The molecule has 1 saturated heterocycles. The average Bonchev–Trinajstić information content (AvgIpc) is 2.70. The Hall–Kier alpha value is -2.84. The molecule has 142 valence electrons. The van der Waals surface area contributed by atoms with Crippen LogP contribution in [0, 0.1) is 15.9 Å². The molecular formula is C19H21FN3O4+. The second-order valence-corrected chi connectivity index (χ2v) is 6.39. The number of quaternary nitrogens is 1. The highest BCUT2D eigenvalue weighted by atomic mass is 19.1. The Morgan fingerprint density at radius 2 is 1.78 bits per heavy atom. The molecule has 1 aliphatic heterocycles. The van der Waals surface area contributed by atoms with Crippen molar-refractivity contribution in [3.8, 4) is 0 Å². The minimum atomic E-state index is -0.506. The first kappa shape index (κ1) is 18.9. The number of carbonyl (C=O) groups is 1. The summed E-state index contributed by atoms with van der Waals surface area (Å²) in [6, 6.07) is 11.8. The number of nitro benzene ring substituents is 1. The zero-order valence-electron chi connectivity index (χ0n) is 14.7. The van der Waals surface area contributed by atoms with Crippen molar-refractivity contribution in [2.75, 3.05) is 32.8 Å². The van der Waals surface area contributed by atoms with Gasteiger partial charge in [0.15, 0.2) is 0 Å². The number of hydrogen-bond acceptors (Lipinski definition) is 4. The Morgan fingerprint density at radius 1 is 1.15 bits per heavy atom. The highest BCUT2D eigenvalue weighted by Gasteiger charge is 2.27. The summed E-state index contributed by atoms with van der Waals surface area (Å²) in [5.74, 6) is -0.603. The number of nitrogens with zero attached hydrogens (tertiary/aromatic N) is 1. The van der Waals surface area contributed by atoms with E-state index in [0.29, 0.717) is 25.3 Å². The zero-order valence-corrected chi connectivity index (χ0v) is 14.7. The highest BCUT2D eigenvalue weighted by Crippen LogP contribution is 2.13. The first-order valence-corrected chi connectivity index (χ1v) is 8.75. The van der Waals surface area contributed by atoms with Crippen LogP contribution in [0.4, 0.5) is 10.1 Å². The van der Waals surface area contributed by atoms with Crippen molar-refractivity contribution in [2.45, 2.75) is 6.04 Å². The second kappa shape index (κ2) is 8.70. The molecule has 0 saturated carbocycles. The zero-order chi connectivity index (χ0) is 19.2. The van der Waals surface area contributed by atoms with E-state index in [1.807, 2.05) is 0 Å². The number of ether oxygens (including phenoxy) is 1. The Labute approximate surface area is 155 Å². The van der Waals surface area contributed by atoms with Crippen molar-refractivity contribution in [2.24, 2.45) is 0 Å². The molecule has 27 heavy (non-hydrogen) atoms. The predicted octanol–water partition coefficient (Wildman–Crippen LogP) is 1.12. The molecule has 0 bridgehead atoms. The first-order valence-electron chi connectivity index (χ1n) is 8.75. The van der Waals surface area contributed by atoms with E-state index in [1.54, 1.807) is 12.1 Å². The summed E-state index contributed by atoms with van der Waals surface area (Å²) >= 11 is 0. The van der Waals surface area contributed by atoms with Gasteiger partial charge in [-0.25, -0.2) is 4.39 Å². The molecule has 7 nitrogen and oxygen atoms in total. The van der Waals surface area contributed by atoms with Gasteiger partial charge in [0.25, 0.3) is 11.6 Å². The van der Waals surface area contributed by atoms with Crippen LogP contribution in [0.15, 0.2) is 48.5 Å². The van der Waals surface area contributed by atoms with Crippen molar-refractivity contribution < 1.29 is 23.7 Å². The third-order valence-electron chi connectivity index (χ3n) is 4.71. The van der Waals surface area contributed by atoms with Crippen molar-refractivity contribution in [3.05, 3.63) is 75.6 Å². The van der Waals surface area contributed by atoms with Gasteiger partial charge in [-0.2, -0.15) is 0 Å². The van der Waals surface area contributed by atoms with E-state index in [-0.39, 0.29) is 23.5 Å². The maximum atomic E-state index is 13.3. The fourth-order valence-corrected chi connectivity index (χ4v) is 3.21. The molecule has 1 aliphatic rings. The molecule has 0 aromatic heterocycles. The van der Waals surface area contributed by atoms with Crippen molar-refractivity contribution >= 4 is 11.6 Å². The molecule has 1 fully saturated rings. The number of benzene rings is 2. The lowest BCUT2D eigenvalue weighted by Crippen LogP contribution is -3.15. The van der Waals surface area contributed by atoms with Crippen molar-refractivity contribution in [1.29, 1.82) is 0 Å². The molecule has 0 aliphatic carbocycles. The van der Waals surface area contributed by atoms with Gasteiger partial charge < -0.3 is 15.0 Å². The van der Waals surface area contributed by atoms with E-state index < -0.39 is 4.92 Å². The van der Waals surface area contributed by atoms with Gasteiger partial charge in [0.05, 0.1) is 24.7 Å². The number of rotatable bonds is 6. The Bertz CT molecular complexity index is 790. The van der Waals surface area contributed by atoms with Gasteiger partial charge in [-0.1, -0.05) is 12.1 Å². The Morgan fingerprint density at radius 3 is 2.37 bits per heavy atom. The molecule has 0 spiro atoms. The van der Waals surface area contributed by atoms with E-state index >= 15 is 0 Å². The van der Waals surface area contributed by atoms with Gasteiger partial charge in [-0.3, -0.25) is 14.9 Å². The lowest BCUT2D eigenvalue weighted by molar-refractivity contribution is -0.937. The number of non-ortho nitro benzene ring substituents is 1. The van der Waals surface area contributed by atoms with Gasteiger partial charge in [-0.05, 0) is 24.3 Å². The second-order valence-electron chi connectivity index (χ2n) is 6.39. The fraction of sp³-hybridized carbons (Fsp3) is 0.316. The highest BCUT2D eigenvalue weighted by molar-refractivity contribution is 5.94. The predicted molar refractivity (Wildman–Crippen MR) is 96.1 cm³/mol. The fourth-order valence-electron chi connectivity index (χ4n) is 3.21. The van der Waals surface area contributed by atoms with Crippen molar-refractivity contribution in [3.63, 3.8) is 0 Å². The molecule has 2 aromatic rings. The number of halogens is 1. The summed E-state index contributed by atoms with van der Waals surface area (Å²) in [5.41, 5.74) is 1.24. The standard InChI is InChI=1S/C19H20FN3O4/c20-16-5-1-14(2-6-16)18(22-9-11-27-12-10-22)13-21-19(24)15-3-7-17(8-4-15)23(25)26/h1-8,18H,9-13H2,(H,21,24)/p+1/t18-/m0/s1. The summed E-state index contributed by atoms with van der Waals surface area (Å²) in [6.07, 6.45) is 0. The molecular weight excluding hydrogens is 353 g/mol. The average molecular weight is 374 g/mol. The van der Waals surface area contributed by atoms with Gasteiger partial charge in [0.1, 0.15) is 24.9 Å². The molecule has 2 aromatic carbocycles. The van der Waals surface area contributed by atoms with Gasteiger partial charge in [0.2, 0.25) is 0 Å². The van der Waals surface area contributed by atoms with Gasteiger partial charge in [0, 0.05) is 23.3 Å². The smallest absolute Gasteiger partial charge is 0.269 e. The van der Waals surface area contributed by atoms with E-state index in [2.05, 4.69) is 5.32 Å². The number of carbonyl (C=O) groups excluding carboxylic acids is 1. The normalized spacial score (nSPS) is 15.9. The van der Waals surface area contributed by atoms with Crippen LogP contribution in [0.3, 0.4) is 0 Å². The molecule has 0 unspecified atom stereocenters. The minimum absolute atomic E-state index is 0.0310. The van der Waals surface area contributed by atoms with Gasteiger partial charge in [-0.15, -0.1) is 0 Å². The SMILES string of the molecule is O=C(NC[C@@H](c1ccc(F)cc1)[NH+]1CCOCC1)c1ccc([N+](=O)[O-])cc1. The number of nitrogens with one attached hydrogen (secondary N) is 2. The van der Waals surface area contributed by atoms with Crippen molar-refractivity contribution in [1.82, 2.24) is 5.32 Å². The Balaban J connectivity index is 1.70. The summed E-state index contributed by atoms with van der Waals surface area (Å²) in [6.45, 7) is 3.26. The van der Waals surface area contributed by atoms with Crippen LogP contribution >= 0.6 is 0 Å². The molecule has 3 rings (SSSR count). The summed E-state index contributed by atoms with van der Waals surface area (Å²) in [7, 11) is 0. The van der Waals surface area contributed by atoms with E-state index in [1.165, 1.54) is 41.3 Å². The monoisotopic (exact) mass is 374 g/mol. The molecule has 2 N–H and O–H groups in total. The minimum Gasteiger partial charge on any atom is -0.370 e. The lowest BCUT2D eigenvalue weighted by atomic mass is 10.0. The van der Waals surface area contributed by atoms with Gasteiger partial charge >= 0.3 is 0 Å². The molecule has 1 amide bonds. The largest absolute Gasteiger partial charge is 0.370 e.